The predicted molar refractivity (Wildman–Crippen MR) is 83.1 cm³/mol. The molecule has 0 spiro atoms. The van der Waals surface area contributed by atoms with E-state index in [0.717, 1.165) is 12.8 Å². The summed E-state index contributed by atoms with van der Waals surface area (Å²) < 4.78 is 4.58. The second-order valence-electron chi connectivity index (χ2n) is 5.06. The maximum Gasteiger partial charge on any atom is 0.305 e. The second kappa shape index (κ2) is 13.1. The molecule has 0 rings (SSSR count). The molecular weight excluding hydrogens is 283 g/mol. The highest BCUT2D eigenvalue weighted by Crippen LogP contribution is 2.21. The average molecular weight is 311 g/mol. The number of unbranched alkanes of at least 4 members (excludes halogenated alkanes) is 6. The zero-order valence-corrected chi connectivity index (χ0v) is 13.8. The molecule has 0 aromatic carbocycles. The maximum atomic E-state index is 11.0. The lowest BCUT2D eigenvalue weighted by molar-refractivity contribution is -0.140. The summed E-state index contributed by atoms with van der Waals surface area (Å²) >= 11 is 12.4. The molecule has 19 heavy (non-hydrogen) atoms. The lowest BCUT2D eigenvalue weighted by Crippen LogP contribution is -2.17. The first kappa shape index (κ1) is 19.1. The van der Waals surface area contributed by atoms with Crippen molar-refractivity contribution in [2.75, 3.05) is 7.11 Å². The van der Waals surface area contributed by atoms with E-state index in [1.807, 2.05) is 0 Å². The third-order valence-corrected chi connectivity index (χ3v) is 4.50. The lowest BCUT2D eigenvalue weighted by Gasteiger charge is -2.15. The molecule has 0 N–H and O–H groups in total. The molecule has 0 aromatic heterocycles. The van der Waals surface area contributed by atoms with Crippen LogP contribution in [0.15, 0.2) is 0 Å². The summed E-state index contributed by atoms with van der Waals surface area (Å²) in [7, 11) is 1.39. The van der Waals surface area contributed by atoms with Crippen LogP contribution in [-0.4, -0.2) is 23.8 Å². The molecule has 0 saturated heterocycles. The van der Waals surface area contributed by atoms with Gasteiger partial charge in [0.25, 0.3) is 0 Å². The molecule has 0 unspecified atom stereocenters. The SMILES string of the molecule is CCCCCCCCC[C@H](Cl)[C@@H](Cl)CCC(=O)OC. The van der Waals surface area contributed by atoms with E-state index in [4.69, 9.17) is 23.2 Å². The highest BCUT2D eigenvalue weighted by Gasteiger charge is 2.17. The highest BCUT2D eigenvalue weighted by atomic mass is 35.5. The topological polar surface area (TPSA) is 26.3 Å². The van der Waals surface area contributed by atoms with Crippen LogP contribution in [0.2, 0.25) is 0 Å². The predicted octanol–water partition coefficient (Wildman–Crippen LogP) is 5.30. The van der Waals surface area contributed by atoms with E-state index < -0.39 is 0 Å². The Labute approximate surface area is 128 Å². The quantitative estimate of drug-likeness (QED) is 0.278. The molecule has 2 atom stereocenters. The molecule has 0 aromatic rings. The van der Waals surface area contributed by atoms with Crippen molar-refractivity contribution in [1.82, 2.24) is 0 Å². The van der Waals surface area contributed by atoms with Gasteiger partial charge in [-0.1, -0.05) is 51.9 Å². The van der Waals surface area contributed by atoms with Crippen molar-refractivity contribution in [3.05, 3.63) is 0 Å². The molecule has 4 heteroatoms. The number of hydrogen-bond donors (Lipinski definition) is 0. The van der Waals surface area contributed by atoms with Crippen LogP contribution in [0.5, 0.6) is 0 Å². The van der Waals surface area contributed by atoms with Crippen molar-refractivity contribution in [1.29, 1.82) is 0 Å². The average Bonchev–Trinajstić information content (AvgIpc) is 2.42. The number of halogens is 2. The van der Waals surface area contributed by atoms with Gasteiger partial charge in [-0.2, -0.15) is 0 Å². The van der Waals surface area contributed by atoms with E-state index in [1.165, 1.54) is 45.6 Å². The Morgan fingerprint density at radius 2 is 1.47 bits per heavy atom. The Kier molecular flexibility index (Phi) is 13.1. The molecule has 2 nitrogen and oxygen atoms in total. The van der Waals surface area contributed by atoms with Crippen molar-refractivity contribution in [3.8, 4) is 0 Å². The Morgan fingerprint density at radius 3 is 2.05 bits per heavy atom. The van der Waals surface area contributed by atoms with Gasteiger partial charge in [0.2, 0.25) is 0 Å². The number of methoxy groups -OCH3 is 1. The molecule has 0 aliphatic rings. The van der Waals surface area contributed by atoms with E-state index in [9.17, 15) is 4.79 Å². The highest BCUT2D eigenvalue weighted by molar-refractivity contribution is 6.30. The van der Waals surface area contributed by atoms with Crippen molar-refractivity contribution in [2.24, 2.45) is 0 Å². The molecule has 0 radical (unpaired) electrons. The zero-order valence-electron chi connectivity index (χ0n) is 12.3. The molecule has 0 saturated carbocycles. The third kappa shape index (κ3) is 11.6. The summed E-state index contributed by atoms with van der Waals surface area (Å²) in [5.41, 5.74) is 0. The monoisotopic (exact) mass is 310 g/mol. The van der Waals surface area contributed by atoms with Gasteiger partial charge in [-0.3, -0.25) is 4.79 Å². The van der Waals surface area contributed by atoms with Gasteiger partial charge in [0.05, 0.1) is 12.5 Å². The number of esters is 1. The minimum Gasteiger partial charge on any atom is -0.469 e. The summed E-state index contributed by atoms with van der Waals surface area (Å²) in [6.07, 6.45) is 10.8. The number of alkyl halides is 2. The van der Waals surface area contributed by atoms with Gasteiger partial charge in [-0.15, -0.1) is 23.2 Å². The van der Waals surface area contributed by atoms with Gasteiger partial charge < -0.3 is 4.74 Å². The molecule has 0 heterocycles. The van der Waals surface area contributed by atoms with Gasteiger partial charge >= 0.3 is 5.97 Å². The molecule has 114 valence electrons. The number of ether oxygens (including phenoxy) is 1. The summed E-state index contributed by atoms with van der Waals surface area (Å²) in [5.74, 6) is -0.217. The van der Waals surface area contributed by atoms with E-state index in [-0.39, 0.29) is 16.7 Å². The maximum absolute atomic E-state index is 11.0. The van der Waals surface area contributed by atoms with Gasteiger partial charge in [0.1, 0.15) is 0 Å². The first-order valence-corrected chi connectivity index (χ1v) is 8.34. The summed E-state index contributed by atoms with van der Waals surface area (Å²) in [5, 5.41) is -0.178. The fourth-order valence-electron chi connectivity index (χ4n) is 2.02. The van der Waals surface area contributed by atoms with Crippen LogP contribution in [0, 0.1) is 0 Å². The number of carbonyl (C=O) groups is 1. The van der Waals surface area contributed by atoms with Gasteiger partial charge in [0, 0.05) is 11.8 Å². The molecule has 0 bridgehead atoms. The molecule has 0 aliphatic carbocycles. The normalized spacial score (nSPS) is 14.1. The first-order chi connectivity index (χ1) is 9.11. The Morgan fingerprint density at radius 1 is 0.947 bits per heavy atom. The van der Waals surface area contributed by atoms with Crippen LogP contribution in [0.3, 0.4) is 0 Å². The summed E-state index contributed by atoms with van der Waals surface area (Å²) in [6, 6.07) is 0. The van der Waals surface area contributed by atoms with E-state index in [2.05, 4.69) is 11.7 Å². The number of hydrogen-bond acceptors (Lipinski definition) is 2. The zero-order chi connectivity index (χ0) is 14.5. The van der Waals surface area contributed by atoms with Crippen LogP contribution >= 0.6 is 23.2 Å². The van der Waals surface area contributed by atoms with Gasteiger partial charge in [0.15, 0.2) is 0 Å². The Hall–Kier alpha value is 0.0500. The van der Waals surface area contributed by atoms with Crippen molar-refractivity contribution < 1.29 is 9.53 Å². The smallest absolute Gasteiger partial charge is 0.305 e. The van der Waals surface area contributed by atoms with E-state index >= 15 is 0 Å². The Bertz CT molecular complexity index is 222. The minimum atomic E-state index is -0.217. The van der Waals surface area contributed by atoms with Crippen LogP contribution < -0.4 is 0 Å². The number of rotatable bonds is 12. The summed E-state index contributed by atoms with van der Waals surface area (Å²) in [4.78, 5) is 11.0. The van der Waals surface area contributed by atoms with E-state index in [0.29, 0.717) is 12.8 Å². The van der Waals surface area contributed by atoms with Crippen LogP contribution in [-0.2, 0) is 9.53 Å². The van der Waals surface area contributed by atoms with Crippen LogP contribution in [0.4, 0.5) is 0 Å². The Balaban J connectivity index is 3.46. The third-order valence-electron chi connectivity index (χ3n) is 3.33. The molecular formula is C15H28Cl2O2. The molecule has 0 fully saturated rings. The minimum absolute atomic E-state index is 0.0398. The lowest BCUT2D eigenvalue weighted by atomic mass is 10.0. The van der Waals surface area contributed by atoms with Crippen molar-refractivity contribution in [2.45, 2.75) is 81.9 Å². The molecule has 0 amide bonds. The second-order valence-corrected chi connectivity index (χ2v) is 6.18. The largest absolute Gasteiger partial charge is 0.469 e. The first-order valence-electron chi connectivity index (χ1n) is 7.46. The summed E-state index contributed by atoms with van der Waals surface area (Å²) in [6.45, 7) is 2.23. The van der Waals surface area contributed by atoms with Crippen LogP contribution in [0.1, 0.15) is 71.1 Å². The van der Waals surface area contributed by atoms with Crippen molar-refractivity contribution >= 4 is 29.2 Å². The van der Waals surface area contributed by atoms with Crippen molar-refractivity contribution in [3.63, 3.8) is 0 Å². The van der Waals surface area contributed by atoms with Gasteiger partial charge in [-0.05, 0) is 12.8 Å². The van der Waals surface area contributed by atoms with Gasteiger partial charge in [-0.25, -0.2) is 0 Å². The van der Waals surface area contributed by atoms with Crippen LogP contribution in [0.25, 0.3) is 0 Å². The fourth-order valence-corrected chi connectivity index (χ4v) is 2.53. The van der Waals surface area contributed by atoms with E-state index in [1.54, 1.807) is 0 Å². The standard InChI is InChI=1S/C15H28Cl2O2/c1-3-4-5-6-7-8-9-10-13(16)14(17)11-12-15(18)19-2/h13-14H,3-12H2,1-2H3/t13-,14-/m0/s1. The number of carbonyl (C=O) groups excluding carboxylic acids is 1. The molecule has 0 aliphatic heterocycles. The fraction of sp³-hybridized carbons (Fsp3) is 0.933.